The van der Waals surface area contributed by atoms with Crippen LogP contribution in [0.25, 0.3) is 0 Å². The second kappa shape index (κ2) is 12.2. The maximum Gasteiger partial charge on any atom is 0.316 e. The van der Waals surface area contributed by atoms with Gasteiger partial charge in [-0.1, -0.05) is 95.2 Å². The predicted octanol–water partition coefficient (Wildman–Crippen LogP) is 9.20. The van der Waals surface area contributed by atoms with Crippen LogP contribution in [0.4, 0.5) is 0 Å². The lowest BCUT2D eigenvalue weighted by molar-refractivity contribution is -0.150. The van der Waals surface area contributed by atoms with Crippen LogP contribution in [-0.4, -0.2) is 35.6 Å². The van der Waals surface area contributed by atoms with Crippen molar-refractivity contribution < 1.29 is 14.0 Å². The molecule has 0 aliphatic rings. The number of halogens is 1. The maximum absolute atomic E-state index is 13.3. The zero-order valence-corrected chi connectivity index (χ0v) is 27.4. The lowest BCUT2D eigenvalue weighted by atomic mass is 9.77. The summed E-state index contributed by atoms with van der Waals surface area (Å²) in [6.07, 6.45) is 3.92. The highest BCUT2D eigenvalue weighted by Crippen LogP contribution is 2.39. The first-order valence-electron chi connectivity index (χ1n) is 12.9. The molecule has 34 heavy (non-hydrogen) atoms. The van der Waals surface area contributed by atoms with Gasteiger partial charge in [-0.25, -0.2) is 0 Å². The van der Waals surface area contributed by atoms with Crippen molar-refractivity contribution in [3.63, 3.8) is 0 Å². The number of rotatable bonds is 13. The first kappa shape index (κ1) is 31.6. The Morgan fingerprint density at radius 2 is 1.53 bits per heavy atom. The predicted molar refractivity (Wildman–Crippen MR) is 156 cm³/mol. The quantitative estimate of drug-likeness (QED) is 0.134. The van der Waals surface area contributed by atoms with Gasteiger partial charge in [0.2, 0.25) is 0 Å². The van der Waals surface area contributed by atoms with Gasteiger partial charge in [0.15, 0.2) is 8.32 Å². The third-order valence-corrected chi connectivity index (χ3v) is 14.1. The topological polar surface area (TPSA) is 35.5 Å². The zero-order chi connectivity index (χ0) is 26.4. The molecule has 0 amide bonds. The summed E-state index contributed by atoms with van der Waals surface area (Å²) in [4.78, 5) is 13.3. The van der Waals surface area contributed by atoms with E-state index < -0.39 is 21.8 Å². The minimum atomic E-state index is -1.75. The molecule has 1 rings (SSSR count). The van der Waals surface area contributed by atoms with Crippen molar-refractivity contribution in [1.29, 1.82) is 0 Å². The summed E-state index contributed by atoms with van der Waals surface area (Å²) in [6.45, 7) is 26.4. The summed E-state index contributed by atoms with van der Waals surface area (Å²) < 4.78 is 13.4. The van der Waals surface area contributed by atoms with Gasteiger partial charge in [-0.2, -0.15) is 0 Å². The minimum absolute atomic E-state index is 0.0932. The van der Waals surface area contributed by atoms with Crippen LogP contribution in [0, 0.1) is 5.41 Å². The number of esters is 1. The highest BCUT2D eigenvalue weighted by atomic mass is 79.9. The molecule has 0 N–H and O–H groups in total. The van der Waals surface area contributed by atoms with Crippen LogP contribution in [0.3, 0.4) is 0 Å². The number of unbranched alkanes of at least 4 members (excludes halogenated alkanes) is 1. The zero-order valence-electron chi connectivity index (χ0n) is 23.9. The molecule has 0 saturated heterocycles. The molecule has 1 unspecified atom stereocenters. The number of benzene rings is 1. The van der Waals surface area contributed by atoms with Crippen LogP contribution in [0.5, 0.6) is 0 Å². The number of carbonyl (C=O) groups is 1. The first-order valence-corrected chi connectivity index (χ1v) is 20.3. The number of hydrogen-bond acceptors (Lipinski definition) is 3. The lowest BCUT2D eigenvalue weighted by Crippen LogP contribution is -2.43. The second-order valence-electron chi connectivity index (χ2n) is 13.7. The highest BCUT2D eigenvalue weighted by molar-refractivity contribution is 9.10. The summed E-state index contributed by atoms with van der Waals surface area (Å²) in [7, 11) is -3.00. The van der Waals surface area contributed by atoms with Crippen LogP contribution < -0.4 is 0 Å². The Bertz CT molecular complexity index is 794. The van der Waals surface area contributed by atoms with E-state index in [4.69, 9.17) is 9.16 Å². The molecule has 1 aromatic carbocycles. The van der Waals surface area contributed by atoms with Gasteiger partial charge in [0.1, 0.15) is 0 Å². The third-order valence-electron chi connectivity index (χ3n) is 7.41. The van der Waals surface area contributed by atoms with Crippen LogP contribution in [0.2, 0.25) is 43.8 Å². The van der Waals surface area contributed by atoms with Crippen LogP contribution in [0.15, 0.2) is 28.7 Å². The fourth-order valence-electron chi connectivity index (χ4n) is 3.55. The molecule has 0 radical (unpaired) electrons. The average Bonchev–Trinajstić information content (AvgIpc) is 2.68. The van der Waals surface area contributed by atoms with E-state index in [1.165, 1.54) is 0 Å². The molecule has 0 aliphatic heterocycles. The summed E-state index contributed by atoms with van der Waals surface area (Å²) in [5.74, 6) is -0.0932. The van der Waals surface area contributed by atoms with Crippen molar-refractivity contribution >= 4 is 38.3 Å². The van der Waals surface area contributed by atoms with E-state index in [1.807, 2.05) is 12.1 Å². The lowest BCUT2D eigenvalue weighted by Gasteiger charge is -2.39. The normalized spacial score (nSPS) is 15.2. The van der Waals surface area contributed by atoms with Gasteiger partial charge in [0.05, 0.1) is 12.0 Å². The van der Waals surface area contributed by atoms with Crippen molar-refractivity contribution in [3.05, 3.63) is 34.3 Å². The molecule has 196 valence electrons. The van der Waals surface area contributed by atoms with Crippen molar-refractivity contribution in [3.8, 4) is 0 Å². The SMILES string of the molecule is CC(C)(CCCCC(C)(C(=O)OCC[Si](C)(C)C)c1cccc(Br)c1)CO[Si](C)(C)C(C)(C)C. The fourth-order valence-corrected chi connectivity index (χ4v) is 5.85. The number of hydrogen-bond donors (Lipinski definition) is 0. The molecule has 3 nitrogen and oxygen atoms in total. The van der Waals surface area contributed by atoms with Crippen molar-refractivity contribution in [2.75, 3.05) is 13.2 Å². The average molecular weight is 572 g/mol. The second-order valence-corrected chi connectivity index (χ2v) is 25.1. The van der Waals surface area contributed by atoms with E-state index in [0.717, 1.165) is 48.4 Å². The van der Waals surface area contributed by atoms with Gasteiger partial charge in [-0.15, -0.1) is 0 Å². The smallest absolute Gasteiger partial charge is 0.316 e. The standard InChI is InChI=1S/C28H51BrO3Si2/c1-26(2,3)34(10,11)32-22-27(4,5)17-12-13-18-28(6,23-15-14-16-24(29)21-23)25(30)31-19-20-33(7,8)9/h14-16,21H,12-13,17-20,22H2,1-11H3. The summed E-state index contributed by atoms with van der Waals surface area (Å²) in [5, 5.41) is 0.227. The molecule has 0 aliphatic carbocycles. The Labute approximate surface area is 221 Å². The monoisotopic (exact) mass is 570 g/mol. The van der Waals surface area contributed by atoms with E-state index in [0.29, 0.717) is 6.61 Å². The van der Waals surface area contributed by atoms with E-state index in [1.54, 1.807) is 0 Å². The molecule has 6 heteroatoms. The van der Waals surface area contributed by atoms with Gasteiger partial charge < -0.3 is 9.16 Å². The Hall–Kier alpha value is -0.436. The Morgan fingerprint density at radius 3 is 2.06 bits per heavy atom. The molecular formula is C28H51BrO3Si2. The molecular weight excluding hydrogens is 520 g/mol. The summed E-state index contributed by atoms with van der Waals surface area (Å²) >= 11 is 3.58. The summed E-state index contributed by atoms with van der Waals surface area (Å²) in [6, 6.07) is 9.13. The Morgan fingerprint density at radius 1 is 0.941 bits per heavy atom. The largest absolute Gasteiger partial charge is 0.465 e. The fraction of sp³-hybridized carbons (Fsp3) is 0.750. The Balaban J connectivity index is 2.79. The van der Waals surface area contributed by atoms with Crippen LogP contribution in [0.1, 0.15) is 72.8 Å². The molecule has 1 aromatic rings. The highest BCUT2D eigenvalue weighted by Gasteiger charge is 2.39. The molecule has 0 spiro atoms. The minimum Gasteiger partial charge on any atom is -0.465 e. The van der Waals surface area contributed by atoms with Gasteiger partial charge in [0, 0.05) is 19.2 Å². The number of ether oxygens (including phenoxy) is 1. The third kappa shape index (κ3) is 10.3. The molecule has 0 aromatic heterocycles. The van der Waals surface area contributed by atoms with Gasteiger partial charge >= 0.3 is 5.97 Å². The molecule has 0 heterocycles. The molecule has 0 saturated carbocycles. The van der Waals surface area contributed by atoms with Crippen LogP contribution in [-0.2, 0) is 19.4 Å². The van der Waals surface area contributed by atoms with Crippen LogP contribution >= 0.6 is 15.9 Å². The number of carbonyl (C=O) groups excluding carboxylic acids is 1. The summed E-state index contributed by atoms with van der Waals surface area (Å²) in [5.41, 5.74) is 0.519. The van der Waals surface area contributed by atoms with E-state index in [-0.39, 0.29) is 16.4 Å². The maximum atomic E-state index is 13.3. The van der Waals surface area contributed by atoms with Crippen molar-refractivity contribution in [2.45, 2.75) is 116 Å². The molecule has 1 atom stereocenters. The van der Waals surface area contributed by atoms with E-state index in [9.17, 15) is 4.79 Å². The van der Waals surface area contributed by atoms with E-state index >= 15 is 0 Å². The molecule has 0 fully saturated rings. The van der Waals surface area contributed by atoms with Crippen molar-refractivity contribution in [1.82, 2.24) is 0 Å². The van der Waals surface area contributed by atoms with Gasteiger partial charge in [0.25, 0.3) is 0 Å². The van der Waals surface area contributed by atoms with E-state index in [2.05, 4.69) is 102 Å². The van der Waals surface area contributed by atoms with Gasteiger partial charge in [-0.05, 0) is 67.1 Å². The van der Waals surface area contributed by atoms with Crippen molar-refractivity contribution in [2.24, 2.45) is 5.41 Å². The first-order chi connectivity index (χ1) is 15.3. The molecule has 0 bridgehead atoms. The Kier molecular flexibility index (Phi) is 11.3. The van der Waals surface area contributed by atoms with Gasteiger partial charge in [-0.3, -0.25) is 4.79 Å².